The van der Waals surface area contributed by atoms with Gasteiger partial charge in [-0.1, -0.05) is 37.3 Å². The first kappa shape index (κ1) is 17.6. The molecule has 0 aliphatic carbocycles. The number of hydrogen-bond donors (Lipinski definition) is 1. The van der Waals surface area contributed by atoms with Crippen LogP contribution in [0, 0.1) is 0 Å². The molecule has 1 aromatic carbocycles. The number of aliphatic hydroxyl groups is 1. The molecule has 118 valence electrons. The highest BCUT2D eigenvalue weighted by Gasteiger charge is 2.14. The summed E-state index contributed by atoms with van der Waals surface area (Å²) in [6, 6.07) is 9.81. The molecule has 1 unspecified atom stereocenters. The monoisotopic (exact) mass is 295 g/mol. The normalized spacial score (nSPS) is 12.4. The second-order valence-corrected chi connectivity index (χ2v) is 4.79. The zero-order valence-electron chi connectivity index (χ0n) is 12.8. The van der Waals surface area contributed by atoms with Crippen LogP contribution >= 0.6 is 0 Å². The zero-order valence-corrected chi connectivity index (χ0v) is 12.8. The third kappa shape index (κ3) is 7.80. The van der Waals surface area contributed by atoms with Crippen molar-refractivity contribution in [3.05, 3.63) is 35.9 Å². The van der Waals surface area contributed by atoms with Gasteiger partial charge in [0.05, 0.1) is 32.5 Å². The summed E-state index contributed by atoms with van der Waals surface area (Å²) in [4.78, 5) is 13.3. The molecule has 0 amide bonds. The van der Waals surface area contributed by atoms with Crippen LogP contribution in [0.5, 0.6) is 0 Å². The molecule has 5 heteroatoms. The topological polar surface area (TPSA) is 59.0 Å². The Kier molecular flexibility index (Phi) is 8.66. The predicted molar refractivity (Wildman–Crippen MR) is 80.9 cm³/mol. The molecule has 0 aromatic heterocycles. The Hall–Kier alpha value is -1.43. The summed E-state index contributed by atoms with van der Waals surface area (Å²) in [7, 11) is 0. The number of hydrogen-bond acceptors (Lipinski definition) is 5. The number of nitrogens with zero attached hydrogens (tertiary/aromatic N) is 1. The molecule has 0 saturated carbocycles. The molecular formula is C16H25NO4. The van der Waals surface area contributed by atoms with E-state index in [9.17, 15) is 9.90 Å². The number of ether oxygens (including phenoxy) is 2. The van der Waals surface area contributed by atoms with E-state index in [-0.39, 0.29) is 19.1 Å². The summed E-state index contributed by atoms with van der Waals surface area (Å²) < 4.78 is 10.4. The van der Waals surface area contributed by atoms with Crippen LogP contribution < -0.4 is 0 Å². The first-order chi connectivity index (χ1) is 10.2. The van der Waals surface area contributed by atoms with Gasteiger partial charge in [-0.3, -0.25) is 9.69 Å². The Morgan fingerprint density at radius 2 is 2.00 bits per heavy atom. The quantitative estimate of drug-likeness (QED) is 0.662. The lowest BCUT2D eigenvalue weighted by molar-refractivity contribution is -0.144. The van der Waals surface area contributed by atoms with Crippen molar-refractivity contribution in [2.75, 3.05) is 32.8 Å². The van der Waals surface area contributed by atoms with E-state index in [2.05, 4.69) is 0 Å². The lowest BCUT2D eigenvalue weighted by Gasteiger charge is -2.22. The average molecular weight is 295 g/mol. The third-order valence-electron chi connectivity index (χ3n) is 3.00. The number of likely N-dealkylation sites (N-methyl/N-ethyl adjacent to an activating group) is 1. The van der Waals surface area contributed by atoms with Crippen molar-refractivity contribution in [1.82, 2.24) is 4.90 Å². The maximum atomic E-state index is 11.4. The Balaban J connectivity index is 2.24. The highest BCUT2D eigenvalue weighted by Crippen LogP contribution is 2.02. The van der Waals surface area contributed by atoms with Crippen molar-refractivity contribution in [2.45, 2.75) is 26.6 Å². The number of benzene rings is 1. The smallest absolute Gasteiger partial charge is 0.320 e. The summed E-state index contributed by atoms with van der Waals surface area (Å²) >= 11 is 0. The Labute approximate surface area is 126 Å². The van der Waals surface area contributed by atoms with E-state index in [0.717, 1.165) is 5.56 Å². The van der Waals surface area contributed by atoms with Crippen LogP contribution in [0.25, 0.3) is 0 Å². The molecule has 0 aliphatic heterocycles. The van der Waals surface area contributed by atoms with E-state index in [1.807, 2.05) is 42.2 Å². The van der Waals surface area contributed by atoms with E-state index in [1.54, 1.807) is 6.92 Å². The van der Waals surface area contributed by atoms with Crippen molar-refractivity contribution in [3.8, 4) is 0 Å². The number of esters is 1. The molecule has 1 aromatic rings. The fourth-order valence-electron chi connectivity index (χ4n) is 1.93. The molecule has 0 fully saturated rings. The van der Waals surface area contributed by atoms with Crippen molar-refractivity contribution in [2.24, 2.45) is 0 Å². The van der Waals surface area contributed by atoms with Crippen molar-refractivity contribution in [1.29, 1.82) is 0 Å². The molecule has 0 aliphatic rings. The Morgan fingerprint density at radius 1 is 1.29 bits per heavy atom. The molecule has 1 rings (SSSR count). The van der Waals surface area contributed by atoms with Gasteiger partial charge in [0.1, 0.15) is 0 Å². The van der Waals surface area contributed by atoms with Crippen molar-refractivity contribution in [3.63, 3.8) is 0 Å². The summed E-state index contributed by atoms with van der Waals surface area (Å²) in [5, 5.41) is 9.95. The van der Waals surface area contributed by atoms with E-state index in [1.165, 1.54) is 0 Å². The number of carbonyl (C=O) groups excluding carboxylic acids is 1. The second kappa shape index (κ2) is 10.3. The summed E-state index contributed by atoms with van der Waals surface area (Å²) in [6.07, 6.45) is -0.622. The molecule has 0 heterocycles. The van der Waals surface area contributed by atoms with Crippen molar-refractivity contribution >= 4 is 5.97 Å². The van der Waals surface area contributed by atoms with Crippen LogP contribution in [0.15, 0.2) is 30.3 Å². The molecule has 21 heavy (non-hydrogen) atoms. The van der Waals surface area contributed by atoms with Gasteiger partial charge in [0.2, 0.25) is 0 Å². The highest BCUT2D eigenvalue weighted by atomic mass is 16.5. The van der Waals surface area contributed by atoms with Gasteiger partial charge in [-0.15, -0.1) is 0 Å². The molecular weight excluding hydrogens is 270 g/mol. The summed E-state index contributed by atoms with van der Waals surface area (Å²) in [5.41, 5.74) is 1.07. The maximum absolute atomic E-state index is 11.4. The zero-order chi connectivity index (χ0) is 15.5. The molecule has 0 spiro atoms. The molecule has 0 bridgehead atoms. The third-order valence-corrected chi connectivity index (χ3v) is 3.00. The molecule has 0 saturated heterocycles. The first-order valence-electron chi connectivity index (χ1n) is 7.33. The standard InChI is InChI=1S/C16H25NO4/c1-3-17(11-16(19)21-4-2)10-15(18)13-20-12-14-8-6-5-7-9-14/h5-9,15,18H,3-4,10-13H2,1-2H3. The first-order valence-corrected chi connectivity index (χ1v) is 7.33. The Morgan fingerprint density at radius 3 is 2.62 bits per heavy atom. The lowest BCUT2D eigenvalue weighted by atomic mass is 10.2. The van der Waals surface area contributed by atoms with Gasteiger partial charge in [-0.25, -0.2) is 0 Å². The van der Waals surface area contributed by atoms with E-state index in [0.29, 0.717) is 26.3 Å². The maximum Gasteiger partial charge on any atom is 0.320 e. The van der Waals surface area contributed by atoms with E-state index >= 15 is 0 Å². The Bertz CT molecular complexity index is 397. The van der Waals surface area contributed by atoms with Gasteiger partial charge in [0.25, 0.3) is 0 Å². The fraction of sp³-hybridized carbons (Fsp3) is 0.562. The van der Waals surface area contributed by atoms with Crippen LogP contribution in [0.2, 0.25) is 0 Å². The number of aliphatic hydroxyl groups excluding tert-OH is 1. The fourth-order valence-corrected chi connectivity index (χ4v) is 1.93. The number of carbonyl (C=O) groups is 1. The molecule has 5 nitrogen and oxygen atoms in total. The van der Waals surface area contributed by atoms with Gasteiger partial charge in [-0.05, 0) is 19.0 Å². The van der Waals surface area contributed by atoms with Gasteiger partial charge in [0.15, 0.2) is 0 Å². The second-order valence-electron chi connectivity index (χ2n) is 4.79. The summed E-state index contributed by atoms with van der Waals surface area (Å²) in [6.45, 7) is 6.07. The van der Waals surface area contributed by atoms with Gasteiger partial charge < -0.3 is 14.6 Å². The van der Waals surface area contributed by atoms with Crippen LogP contribution in [-0.4, -0.2) is 54.9 Å². The predicted octanol–water partition coefficient (Wildman–Crippen LogP) is 1.45. The molecule has 1 atom stereocenters. The largest absolute Gasteiger partial charge is 0.465 e. The van der Waals surface area contributed by atoms with Crippen molar-refractivity contribution < 1.29 is 19.4 Å². The van der Waals surface area contributed by atoms with Gasteiger partial charge in [-0.2, -0.15) is 0 Å². The highest BCUT2D eigenvalue weighted by molar-refractivity contribution is 5.71. The van der Waals surface area contributed by atoms with Crippen LogP contribution in [0.3, 0.4) is 0 Å². The van der Waals surface area contributed by atoms with Gasteiger partial charge in [0, 0.05) is 6.54 Å². The van der Waals surface area contributed by atoms with Crippen LogP contribution in [-0.2, 0) is 20.9 Å². The molecule has 1 N–H and O–H groups in total. The molecule has 0 radical (unpaired) electrons. The SMILES string of the molecule is CCOC(=O)CN(CC)CC(O)COCc1ccccc1. The lowest BCUT2D eigenvalue weighted by Crippen LogP contribution is -2.38. The van der Waals surface area contributed by atoms with Crippen LogP contribution in [0.1, 0.15) is 19.4 Å². The minimum absolute atomic E-state index is 0.195. The van der Waals surface area contributed by atoms with E-state index in [4.69, 9.17) is 9.47 Å². The average Bonchev–Trinajstić information content (AvgIpc) is 2.48. The minimum atomic E-state index is -0.622. The number of rotatable bonds is 10. The van der Waals surface area contributed by atoms with Gasteiger partial charge >= 0.3 is 5.97 Å². The van der Waals surface area contributed by atoms with E-state index < -0.39 is 6.10 Å². The minimum Gasteiger partial charge on any atom is -0.465 e. The van der Waals surface area contributed by atoms with Crippen LogP contribution in [0.4, 0.5) is 0 Å². The summed E-state index contributed by atoms with van der Waals surface area (Å²) in [5.74, 6) is -0.267.